The van der Waals surface area contributed by atoms with Gasteiger partial charge in [-0.2, -0.15) is 18.3 Å². The molecule has 0 atom stereocenters. The van der Waals surface area contributed by atoms with Gasteiger partial charge in [-0.25, -0.2) is 0 Å². The van der Waals surface area contributed by atoms with Crippen LogP contribution in [0.2, 0.25) is 0 Å². The van der Waals surface area contributed by atoms with Crippen LogP contribution in [0.1, 0.15) is 22.3 Å². The Labute approximate surface area is 132 Å². The van der Waals surface area contributed by atoms with Crippen LogP contribution in [0, 0.1) is 6.92 Å². The number of nitrogens with one attached hydrogen (secondary N) is 1. The first-order valence-corrected chi connectivity index (χ1v) is 6.90. The summed E-state index contributed by atoms with van der Waals surface area (Å²) < 4.78 is 37.9. The Morgan fingerprint density at radius 2 is 1.78 bits per heavy atom. The average molecular weight is 319 g/mol. The minimum atomic E-state index is -4.37. The third kappa shape index (κ3) is 4.67. The molecule has 0 aliphatic carbocycles. The maximum absolute atomic E-state index is 12.6. The molecule has 0 fully saturated rings. The Balaban J connectivity index is 2.10. The molecule has 0 amide bonds. The average Bonchev–Trinajstić information content (AvgIpc) is 2.52. The summed E-state index contributed by atoms with van der Waals surface area (Å²) in [6.07, 6.45) is -3.04. The fourth-order valence-electron chi connectivity index (χ4n) is 1.92. The van der Waals surface area contributed by atoms with Gasteiger partial charge in [0.05, 0.1) is 11.8 Å². The molecule has 0 unspecified atom stereocenters. The van der Waals surface area contributed by atoms with Gasteiger partial charge in [-0.05, 0) is 24.6 Å². The molecule has 120 valence electrons. The third-order valence-corrected chi connectivity index (χ3v) is 3.15. The molecule has 0 heterocycles. The van der Waals surface area contributed by atoms with Crippen LogP contribution >= 0.6 is 0 Å². The van der Waals surface area contributed by atoms with E-state index in [-0.39, 0.29) is 0 Å². The predicted octanol–water partition coefficient (Wildman–Crippen LogP) is 4.01. The molecule has 0 aliphatic rings. The Hall–Kier alpha value is -2.63. The van der Waals surface area contributed by atoms with E-state index in [1.807, 2.05) is 31.2 Å². The molecule has 6 heteroatoms. The number of alkyl halides is 3. The molecule has 2 aromatic carbocycles. The maximum atomic E-state index is 12.6. The van der Waals surface area contributed by atoms with Crippen LogP contribution in [0.25, 0.3) is 0 Å². The van der Waals surface area contributed by atoms with Crippen molar-refractivity contribution in [2.45, 2.75) is 13.1 Å². The zero-order valence-corrected chi connectivity index (χ0v) is 12.7. The van der Waals surface area contributed by atoms with Gasteiger partial charge >= 0.3 is 6.18 Å². The van der Waals surface area contributed by atoms with Crippen molar-refractivity contribution in [1.29, 1.82) is 0 Å². The van der Waals surface area contributed by atoms with E-state index in [1.165, 1.54) is 12.3 Å². The van der Waals surface area contributed by atoms with Crippen molar-refractivity contribution in [3.05, 3.63) is 70.8 Å². The first kappa shape index (κ1) is 16.7. The zero-order valence-electron chi connectivity index (χ0n) is 12.7. The minimum Gasteiger partial charge on any atom is -0.270 e. The molecule has 0 saturated carbocycles. The van der Waals surface area contributed by atoms with E-state index in [9.17, 15) is 13.2 Å². The van der Waals surface area contributed by atoms with Crippen molar-refractivity contribution in [3.8, 4) is 0 Å². The van der Waals surface area contributed by atoms with Crippen molar-refractivity contribution < 1.29 is 13.2 Å². The maximum Gasteiger partial charge on any atom is 0.416 e. The monoisotopic (exact) mass is 319 g/mol. The summed E-state index contributed by atoms with van der Waals surface area (Å²) in [5.74, 6) is 0.535. The Bertz CT molecular complexity index is 717. The van der Waals surface area contributed by atoms with Crippen LogP contribution in [-0.2, 0) is 6.18 Å². The van der Waals surface area contributed by atoms with E-state index >= 15 is 0 Å². The molecule has 2 aromatic rings. The van der Waals surface area contributed by atoms with Crippen LogP contribution in [0.4, 0.5) is 13.2 Å². The SMILES string of the molecule is CN=C(N/N=C/c1cccc(C(F)(F)F)c1)c1ccc(C)cc1. The highest BCUT2D eigenvalue weighted by molar-refractivity contribution is 5.99. The van der Waals surface area contributed by atoms with E-state index in [1.54, 1.807) is 13.1 Å². The fourth-order valence-corrected chi connectivity index (χ4v) is 1.92. The topological polar surface area (TPSA) is 36.8 Å². The van der Waals surface area contributed by atoms with Crippen molar-refractivity contribution in [2.75, 3.05) is 7.05 Å². The smallest absolute Gasteiger partial charge is 0.270 e. The largest absolute Gasteiger partial charge is 0.416 e. The fraction of sp³-hybridized carbons (Fsp3) is 0.176. The predicted molar refractivity (Wildman–Crippen MR) is 85.8 cm³/mol. The van der Waals surface area contributed by atoms with Crippen molar-refractivity contribution >= 4 is 12.1 Å². The van der Waals surface area contributed by atoms with Crippen molar-refractivity contribution in [3.63, 3.8) is 0 Å². The summed E-state index contributed by atoms with van der Waals surface area (Å²) in [7, 11) is 1.61. The Morgan fingerprint density at radius 1 is 1.09 bits per heavy atom. The van der Waals surface area contributed by atoms with Gasteiger partial charge in [0.2, 0.25) is 0 Å². The number of benzene rings is 2. The van der Waals surface area contributed by atoms with E-state index in [4.69, 9.17) is 0 Å². The molecule has 0 spiro atoms. The summed E-state index contributed by atoms with van der Waals surface area (Å²) in [6.45, 7) is 1.98. The molecule has 0 aliphatic heterocycles. The van der Waals surface area contributed by atoms with E-state index in [2.05, 4.69) is 15.5 Å². The van der Waals surface area contributed by atoms with Crippen LogP contribution in [0.5, 0.6) is 0 Å². The van der Waals surface area contributed by atoms with E-state index in [0.29, 0.717) is 11.4 Å². The van der Waals surface area contributed by atoms with Gasteiger partial charge in [-0.1, -0.05) is 42.0 Å². The number of aliphatic imine (C=N–C) groups is 1. The summed E-state index contributed by atoms with van der Waals surface area (Å²) in [5, 5.41) is 3.96. The molecule has 1 N–H and O–H groups in total. The highest BCUT2D eigenvalue weighted by atomic mass is 19.4. The van der Waals surface area contributed by atoms with Crippen LogP contribution in [-0.4, -0.2) is 19.1 Å². The quantitative estimate of drug-likeness (QED) is 0.518. The van der Waals surface area contributed by atoms with Gasteiger partial charge < -0.3 is 0 Å². The van der Waals surface area contributed by atoms with Gasteiger partial charge in [0, 0.05) is 12.6 Å². The molecular formula is C17H16F3N3. The second kappa shape index (κ2) is 7.09. The number of hydrogen-bond donors (Lipinski definition) is 1. The number of hydrazone groups is 1. The molecule has 0 aromatic heterocycles. The summed E-state index contributed by atoms with van der Waals surface area (Å²) >= 11 is 0. The molecule has 2 rings (SSSR count). The second-order valence-corrected chi connectivity index (χ2v) is 4.93. The highest BCUT2D eigenvalue weighted by Crippen LogP contribution is 2.29. The van der Waals surface area contributed by atoms with Gasteiger partial charge in [0.25, 0.3) is 0 Å². The number of aryl methyl sites for hydroxylation is 1. The lowest BCUT2D eigenvalue weighted by Crippen LogP contribution is -2.19. The summed E-state index contributed by atoms with van der Waals surface area (Å²) in [6, 6.07) is 12.6. The highest BCUT2D eigenvalue weighted by Gasteiger charge is 2.30. The Kier molecular flexibility index (Phi) is 5.16. The lowest BCUT2D eigenvalue weighted by Gasteiger charge is -2.07. The summed E-state index contributed by atoms with van der Waals surface area (Å²) in [4.78, 5) is 4.09. The first-order valence-electron chi connectivity index (χ1n) is 6.90. The summed E-state index contributed by atoms with van der Waals surface area (Å²) in [5.41, 5.74) is 4.37. The lowest BCUT2D eigenvalue weighted by atomic mass is 10.1. The number of hydrogen-bond acceptors (Lipinski definition) is 2. The zero-order chi connectivity index (χ0) is 16.9. The first-order chi connectivity index (χ1) is 10.9. The second-order valence-electron chi connectivity index (χ2n) is 4.93. The molecular weight excluding hydrogens is 303 g/mol. The van der Waals surface area contributed by atoms with Gasteiger partial charge in [0.15, 0.2) is 0 Å². The van der Waals surface area contributed by atoms with E-state index < -0.39 is 11.7 Å². The van der Waals surface area contributed by atoms with Gasteiger partial charge in [-0.3, -0.25) is 10.4 Å². The van der Waals surface area contributed by atoms with Crippen molar-refractivity contribution in [1.82, 2.24) is 5.43 Å². The van der Waals surface area contributed by atoms with Gasteiger partial charge in [-0.15, -0.1) is 0 Å². The molecule has 3 nitrogen and oxygen atoms in total. The minimum absolute atomic E-state index is 0.353. The number of amidine groups is 1. The molecule has 0 saturated heterocycles. The third-order valence-electron chi connectivity index (χ3n) is 3.15. The molecule has 0 bridgehead atoms. The van der Waals surface area contributed by atoms with Crippen molar-refractivity contribution in [2.24, 2.45) is 10.1 Å². The van der Waals surface area contributed by atoms with E-state index in [0.717, 1.165) is 23.3 Å². The Morgan fingerprint density at radius 3 is 2.39 bits per heavy atom. The number of nitrogens with zero attached hydrogens (tertiary/aromatic N) is 2. The molecule has 23 heavy (non-hydrogen) atoms. The van der Waals surface area contributed by atoms with Crippen LogP contribution < -0.4 is 5.43 Å². The lowest BCUT2D eigenvalue weighted by molar-refractivity contribution is -0.137. The molecule has 0 radical (unpaired) electrons. The number of rotatable bonds is 3. The van der Waals surface area contributed by atoms with Crippen LogP contribution in [0.15, 0.2) is 58.6 Å². The van der Waals surface area contributed by atoms with Crippen LogP contribution in [0.3, 0.4) is 0 Å². The van der Waals surface area contributed by atoms with Gasteiger partial charge in [0.1, 0.15) is 5.84 Å². The normalized spacial score (nSPS) is 12.7. The standard InChI is InChI=1S/C17H16F3N3/c1-12-6-8-14(9-7-12)16(21-2)23-22-11-13-4-3-5-15(10-13)17(18,19)20/h3-11H,1-2H3,(H,21,23)/b22-11+. The number of halogens is 3.